The van der Waals surface area contributed by atoms with Crippen LogP contribution in [-0.4, -0.2) is 32.3 Å². The van der Waals surface area contributed by atoms with Gasteiger partial charge in [-0.3, -0.25) is 23.8 Å². The molecule has 1 atom stereocenters. The van der Waals surface area contributed by atoms with E-state index in [1.165, 1.54) is 45.8 Å². The number of fused-ring (bicyclic) bond motifs is 1. The highest BCUT2D eigenvalue weighted by molar-refractivity contribution is 6.30. The molecule has 0 saturated carbocycles. The molecular formula is C19H14ClFN4O3. The SMILES string of the molecule is CC1C(=O)N(Cc2cc(=O)n3cc(Cl)ccc3n2)C(=O)N1c1ccc(F)cc1. The van der Waals surface area contributed by atoms with Crippen LogP contribution in [0.3, 0.4) is 0 Å². The molecule has 9 heteroatoms. The minimum atomic E-state index is -0.752. The molecule has 0 bridgehead atoms. The molecule has 0 aliphatic carbocycles. The Hall–Kier alpha value is -3.26. The first-order chi connectivity index (χ1) is 13.3. The number of aromatic nitrogens is 2. The summed E-state index contributed by atoms with van der Waals surface area (Å²) in [4.78, 5) is 44.4. The van der Waals surface area contributed by atoms with Crippen LogP contribution in [0, 0.1) is 5.82 Å². The van der Waals surface area contributed by atoms with E-state index in [4.69, 9.17) is 11.6 Å². The van der Waals surface area contributed by atoms with Crippen LogP contribution in [0.5, 0.6) is 0 Å². The highest BCUT2D eigenvalue weighted by Gasteiger charge is 2.43. The molecule has 1 aliphatic rings. The van der Waals surface area contributed by atoms with Gasteiger partial charge in [0.1, 0.15) is 17.5 Å². The molecule has 0 N–H and O–H groups in total. The van der Waals surface area contributed by atoms with Gasteiger partial charge in [-0.25, -0.2) is 14.2 Å². The lowest BCUT2D eigenvalue weighted by atomic mass is 10.2. The van der Waals surface area contributed by atoms with E-state index < -0.39 is 23.8 Å². The van der Waals surface area contributed by atoms with Crippen molar-refractivity contribution in [3.8, 4) is 0 Å². The number of carbonyl (C=O) groups is 2. The van der Waals surface area contributed by atoms with Gasteiger partial charge >= 0.3 is 6.03 Å². The number of hydrogen-bond donors (Lipinski definition) is 0. The van der Waals surface area contributed by atoms with E-state index in [0.717, 1.165) is 4.90 Å². The summed E-state index contributed by atoms with van der Waals surface area (Å²) in [7, 11) is 0. The summed E-state index contributed by atoms with van der Waals surface area (Å²) in [5, 5.41) is 0.387. The van der Waals surface area contributed by atoms with Gasteiger partial charge in [0.2, 0.25) is 0 Å². The van der Waals surface area contributed by atoms with Gasteiger partial charge in [-0.05, 0) is 43.3 Å². The van der Waals surface area contributed by atoms with E-state index >= 15 is 0 Å². The molecule has 7 nitrogen and oxygen atoms in total. The number of urea groups is 1. The standard InChI is InChI=1S/C19H14ClFN4O3/c1-11-18(27)24(19(28)25(11)15-5-3-13(21)4-6-15)10-14-8-17(26)23-9-12(20)2-7-16(23)22-14/h2-9,11H,10H2,1H3. The number of halogens is 2. The lowest BCUT2D eigenvalue weighted by Gasteiger charge is -2.19. The van der Waals surface area contributed by atoms with Crippen LogP contribution >= 0.6 is 11.6 Å². The minimum absolute atomic E-state index is 0.145. The number of carbonyl (C=O) groups excluding carboxylic acids is 2. The van der Waals surface area contributed by atoms with Gasteiger partial charge in [0, 0.05) is 18.0 Å². The average Bonchev–Trinajstić information content (AvgIpc) is 2.87. The largest absolute Gasteiger partial charge is 0.332 e. The molecule has 142 valence electrons. The van der Waals surface area contributed by atoms with Gasteiger partial charge in [0.15, 0.2) is 0 Å². The molecule has 3 aromatic rings. The molecule has 1 unspecified atom stereocenters. The number of pyridine rings is 1. The third-order valence-corrected chi connectivity index (χ3v) is 4.77. The quantitative estimate of drug-likeness (QED) is 0.633. The summed E-state index contributed by atoms with van der Waals surface area (Å²) in [5.74, 6) is -0.861. The third kappa shape index (κ3) is 3.01. The fraction of sp³-hybridized carbons (Fsp3) is 0.158. The summed E-state index contributed by atoms with van der Waals surface area (Å²) < 4.78 is 14.5. The molecule has 1 aliphatic heterocycles. The molecule has 3 amide bonds. The van der Waals surface area contributed by atoms with E-state index in [1.807, 2.05) is 0 Å². The number of nitrogens with zero attached hydrogens (tertiary/aromatic N) is 4. The van der Waals surface area contributed by atoms with Crippen molar-refractivity contribution >= 4 is 34.9 Å². The number of amides is 3. The molecule has 3 heterocycles. The van der Waals surface area contributed by atoms with E-state index in [-0.39, 0.29) is 17.8 Å². The highest BCUT2D eigenvalue weighted by Crippen LogP contribution is 2.27. The molecule has 0 radical (unpaired) electrons. The highest BCUT2D eigenvalue weighted by atomic mass is 35.5. The van der Waals surface area contributed by atoms with Gasteiger partial charge in [-0.2, -0.15) is 0 Å². The lowest BCUT2D eigenvalue weighted by molar-refractivity contribution is -0.127. The van der Waals surface area contributed by atoms with Gasteiger partial charge < -0.3 is 0 Å². The molecule has 4 rings (SSSR count). The average molecular weight is 401 g/mol. The van der Waals surface area contributed by atoms with Crippen LogP contribution in [0.1, 0.15) is 12.6 Å². The van der Waals surface area contributed by atoms with Crippen molar-refractivity contribution in [3.05, 3.63) is 75.5 Å². The lowest BCUT2D eigenvalue weighted by Crippen LogP contribution is -2.34. The first-order valence-corrected chi connectivity index (χ1v) is 8.81. The predicted molar refractivity (Wildman–Crippen MR) is 101 cm³/mol. The van der Waals surface area contributed by atoms with Gasteiger partial charge in [0.25, 0.3) is 11.5 Å². The van der Waals surface area contributed by atoms with Crippen molar-refractivity contribution < 1.29 is 14.0 Å². The molecule has 1 aromatic carbocycles. The second-order valence-corrected chi connectivity index (χ2v) is 6.83. The summed E-state index contributed by atoms with van der Waals surface area (Å²) in [6.45, 7) is 1.45. The number of hydrogen-bond acceptors (Lipinski definition) is 4. The fourth-order valence-corrected chi connectivity index (χ4v) is 3.34. The Balaban J connectivity index is 1.66. The van der Waals surface area contributed by atoms with Crippen LogP contribution < -0.4 is 10.5 Å². The molecule has 0 spiro atoms. The maximum atomic E-state index is 13.2. The maximum Gasteiger partial charge on any atom is 0.332 e. The Kier molecular flexibility index (Phi) is 4.35. The molecular weight excluding hydrogens is 387 g/mol. The Morgan fingerprint density at radius 2 is 1.82 bits per heavy atom. The van der Waals surface area contributed by atoms with Crippen LogP contribution in [0.4, 0.5) is 14.9 Å². The molecule has 28 heavy (non-hydrogen) atoms. The second kappa shape index (κ2) is 6.72. The van der Waals surface area contributed by atoms with E-state index in [2.05, 4.69) is 4.98 Å². The monoisotopic (exact) mass is 400 g/mol. The molecule has 1 saturated heterocycles. The number of rotatable bonds is 3. The maximum absolute atomic E-state index is 13.2. The smallest absolute Gasteiger partial charge is 0.282 e. The van der Waals surface area contributed by atoms with Crippen LogP contribution in [-0.2, 0) is 11.3 Å². The summed E-state index contributed by atoms with van der Waals surface area (Å²) in [6, 6.07) is 8.44. The van der Waals surface area contributed by atoms with Crippen LogP contribution in [0.25, 0.3) is 5.65 Å². The zero-order chi connectivity index (χ0) is 20.0. The number of benzene rings is 1. The fourth-order valence-electron chi connectivity index (χ4n) is 3.18. The van der Waals surface area contributed by atoms with E-state index in [9.17, 15) is 18.8 Å². The summed E-state index contributed by atoms with van der Waals surface area (Å²) in [6.07, 6.45) is 1.44. The zero-order valence-corrected chi connectivity index (χ0v) is 15.4. The minimum Gasteiger partial charge on any atom is -0.282 e. The second-order valence-electron chi connectivity index (χ2n) is 6.39. The predicted octanol–water partition coefficient (Wildman–Crippen LogP) is 2.84. The van der Waals surface area contributed by atoms with E-state index in [1.54, 1.807) is 19.1 Å². The Morgan fingerprint density at radius 1 is 1.11 bits per heavy atom. The van der Waals surface area contributed by atoms with Crippen molar-refractivity contribution in [2.24, 2.45) is 0 Å². The van der Waals surface area contributed by atoms with E-state index in [0.29, 0.717) is 16.4 Å². The zero-order valence-electron chi connectivity index (χ0n) is 14.7. The van der Waals surface area contributed by atoms with Gasteiger partial charge in [0.05, 0.1) is 17.3 Å². The first-order valence-electron chi connectivity index (χ1n) is 8.43. The summed E-state index contributed by atoms with van der Waals surface area (Å²) in [5.41, 5.74) is 0.678. The van der Waals surface area contributed by atoms with Crippen molar-refractivity contribution in [2.45, 2.75) is 19.5 Å². The number of anilines is 1. The summed E-state index contributed by atoms with van der Waals surface area (Å²) >= 11 is 5.89. The molecule has 2 aromatic heterocycles. The Morgan fingerprint density at radius 3 is 2.54 bits per heavy atom. The van der Waals surface area contributed by atoms with Gasteiger partial charge in [-0.15, -0.1) is 0 Å². The van der Waals surface area contributed by atoms with Crippen LogP contribution in [0.2, 0.25) is 5.02 Å². The topological polar surface area (TPSA) is 75.0 Å². The molecule has 1 fully saturated rings. The Labute approximate surface area is 163 Å². The third-order valence-electron chi connectivity index (χ3n) is 4.55. The number of imide groups is 1. The van der Waals surface area contributed by atoms with Crippen molar-refractivity contribution in [3.63, 3.8) is 0 Å². The van der Waals surface area contributed by atoms with Crippen molar-refractivity contribution in [2.75, 3.05) is 4.90 Å². The normalized spacial score (nSPS) is 17.0. The van der Waals surface area contributed by atoms with Crippen LogP contribution in [0.15, 0.2) is 53.5 Å². The van der Waals surface area contributed by atoms with Crippen molar-refractivity contribution in [1.29, 1.82) is 0 Å². The van der Waals surface area contributed by atoms with Crippen molar-refractivity contribution in [1.82, 2.24) is 14.3 Å². The van der Waals surface area contributed by atoms with Gasteiger partial charge in [-0.1, -0.05) is 11.6 Å². The first kappa shape index (κ1) is 18.1. The Bertz CT molecular complexity index is 1160.